The third kappa shape index (κ3) is 9.20. The van der Waals surface area contributed by atoms with Gasteiger partial charge in [0.05, 0.1) is 57.1 Å². The molecule has 0 bridgehead atoms. The molecule has 0 saturated carbocycles. The van der Waals surface area contributed by atoms with Gasteiger partial charge < -0.3 is 56.1 Å². The molecule has 6 aromatic heterocycles. The number of imidazole rings is 3. The smallest absolute Gasteiger partial charge is 0.388 e. The van der Waals surface area contributed by atoms with Gasteiger partial charge in [0.15, 0.2) is 53.1 Å². The number of aliphatic hydroxyl groups excluding tert-OH is 1. The minimum absolute atomic E-state index is 0.0115. The lowest BCUT2D eigenvalue weighted by atomic mass is 10.2. The van der Waals surface area contributed by atoms with E-state index in [0.29, 0.717) is 11.2 Å². The maximum Gasteiger partial charge on any atom is 0.472 e. The molecule has 0 aliphatic carbocycles. The molecular formula is C30H38N15O16P3. The highest BCUT2D eigenvalue weighted by Crippen LogP contribution is 2.53. The number of hydrogen-bond donors (Lipinski definition) is 8. The van der Waals surface area contributed by atoms with E-state index >= 15 is 0 Å². The fourth-order valence-electron chi connectivity index (χ4n) is 7.52. The number of aromatic nitrogens is 12. The maximum atomic E-state index is 13.6. The number of nitrogens with zero attached hydrogens (tertiary/aromatic N) is 12. The predicted molar refractivity (Wildman–Crippen MR) is 210 cm³/mol. The summed E-state index contributed by atoms with van der Waals surface area (Å²) in [7, 11) is -15.0. The lowest BCUT2D eigenvalue weighted by Gasteiger charge is -2.23. The van der Waals surface area contributed by atoms with Crippen LogP contribution in [0, 0.1) is 0 Å². The van der Waals surface area contributed by atoms with Gasteiger partial charge >= 0.3 is 23.5 Å². The molecule has 9 rings (SSSR count). The average Bonchev–Trinajstić information content (AvgIpc) is 4.09. The van der Waals surface area contributed by atoms with Crippen molar-refractivity contribution >= 4 is 74.4 Å². The van der Waals surface area contributed by atoms with Crippen LogP contribution in [0.3, 0.4) is 0 Å². The molecule has 11 atom stereocenters. The summed E-state index contributed by atoms with van der Waals surface area (Å²) in [5.74, 6) is 0.169. The third-order valence-corrected chi connectivity index (χ3v) is 12.8. The van der Waals surface area contributed by atoms with E-state index in [-0.39, 0.29) is 59.0 Å². The highest BCUT2D eigenvalue weighted by Gasteiger charge is 2.47. The minimum atomic E-state index is -5.06. The second-order valence-corrected chi connectivity index (χ2v) is 18.6. The first-order valence-electron chi connectivity index (χ1n) is 18.9. The first-order valence-corrected chi connectivity index (χ1v) is 23.4. The second kappa shape index (κ2) is 17.2. The topological polar surface area (TPSA) is 435 Å². The Labute approximate surface area is 357 Å². The lowest BCUT2D eigenvalue weighted by Crippen LogP contribution is -2.23. The summed E-state index contributed by atoms with van der Waals surface area (Å²) in [6.07, 6.45) is -3.38. The average molecular weight is 958 g/mol. The lowest BCUT2D eigenvalue weighted by molar-refractivity contribution is -0.0623. The van der Waals surface area contributed by atoms with Crippen LogP contribution in [0.25, 0.3) is 33.5 Å². The molecule has 0 radical (unpaired) electrons. The molecule has 0 aromatic carbocycles. The van der Waals surface area contributed by atoms with Gasteiger partial charge in [0.1, 0.15) is 53.8 Å². The van der Waals surface area contributed by atoms with Crippen LogP contribution in [0.15, 0.2) is 38.0 Å². The molecule has 9 heterocycles. The number of fused-ring (bicyclic) bond motifs is 3. The monoisotopic (exact) mass is 957 g/mol. The standard InChI is InChI=1S/C30H38N15O16P3/c31-22-19-25(37-7-34-22)43(10-40-19)28-16(46)1-13(57-28)5-55-63(50,51)61-18-3-15(59-30(18)45-12-42-21-24(33)36-9-39-27(21)45)6-56-64(52,53)60-17-2-14(4-54-62(47,48)49)58-29(17)44-11-41-20-23(32)35-8-38-26(20)44/h7-18,28-30,46H,1-6H2,(H,50,51)(H,52,53)(H2,31,34,37)(H2,32,35,38)(H2,33,36,39)(H2,47,48,49)/t13-,14-,15-,16+,17+,18+,28+,29+,30+/m0/s1. The Bertz CT molecular complexity index is 2830. The van der Waals surface area contributed by atoms with E-state index in [1.807, 2.05) is 0 Å². The molecule has 31 nitrogen and oxygen atoms in total. The largest absolute Gasteiger partial charge is 0.472 e. The predicted octanol–water partition coefficient (Wildman–Crippen LogP) is -0.410. The first-order chi connectivity index (χ1) is 30.4. The van der Waals surface area contributed by atoms with Gasteiger partial charge in [-0.05, 0) is 0 Å². The van der Waals surface area contributed by atoms with Crippen LogP contribution >= 0.6 is 23.5 Å². The molecule has 34 heteroatoms. The van der Waals surface area contributed by atoms with Crippen molar-refractivity contribution in [2.75, 3.05) is 37.0 Å². The van der Waals surface area contributed by atoms with Crippen molar-refractivity contribution in [3.05, 3.63) is 38.0 Å². The van der Waals surface area contributed by atoms with E-state index in [4.69, 9.17) is 49.5 Å². The first kappa shape index (κ1) is 44.4. The Kier molecular flexibility index (Phi) is 12.0. The van der Waals surface area contributed by atoms with Crippen molar-refractivity contribution in [2.24, 2.45) is 0 Å². The number of nitrogen functional groups attached to an aromatic ring is 3. The molecule has 3 saturated heterocycles. The highest BCUT2D eigenvalue weighted by atomic mass is 31.2. The SMILES string of the molecule is Nc1ncnc2c1ncn2[C@@H]1O[C@H](COP(=O)(O)O[C@@H]2C[C@@H](COP(=O)(O)O[C@@H]3C[C@@H](COP(=O)(O)O)O[C@H]3n3cnc4c(N)ncnc43)O[C@H]2n2cnc3c(N)ncnc32)C[C@H]1O. The van der Waals surface area contributed by atoms with Crippen LogP contribution in [0.2, 0.25) is 0 Å². The van der Waals surface area contributed by atoms with Crippen LogP contribution in [-0.2, 0) is 50.5 Å². The Hall–Kier alpha value is -4.78. The van der Waals surface area contributed by atoms with E-state index in [2.05, 4.69) is 49.4 Å². The molecule has 3 fully saturated rings. The van der Waals surface area contributed by atoms with Gasteiger partial charge in [-0.3, -0.25) is 36.3 Å². The molecule has 0 spiro atoms. The maximum absolute atomic E-state index is 13.6. The Morgan fingerprint density at radius 3 is 1.31 bits per heavy atom. The number of nitrogens with two attached hydrogens (primary N) is 3. The fourth-order valence-corrected chi connectivity index (χ4v) is 9.78. The molecule has 3 aliphatic rings. The van der Waals surface area contributed by atoms with Crippen LogP contribution in [0.5, 0.6) is 0 Å². The molecular weight excluding hydrogens is 919 g/mol. The van der Waals surface area contributed by atoms with Crippen LogP contribution < -0.4 is 17.2 Å². The van der Waals surface area contributed by atoms with Gasteiger partial charge in [-0.15, -0.1) is 0 Å². The van der Waals surface area contributed by atoms with Gasteiger partial charge in [0.25, 0.3) is 0 Å². The number of aliphatic hydroxyl groups is 1. The quantitative estimate of drug-likeness (QED) is 0.0572. The molecule has 6 aromatic rings. The van der Waals surface area contributed by atoms with E-state index in [1.54, 1.807) is 0 Å². The number of phosphoric ester groups is 3. The number of rotatable bonds is 16. The minimum Gasteiger partial charge on any atom is -0.388 e. The van der Waals surface area contributed by atoms with Gasteiger partial charge in [-0.25, -0.2) is 58.6 Å². The molecule has 11 N–H and O–H groups in total. The zero-order chi connectivity index (χ0) is 45.1. The van der Waals surface area contributed by atoms with Gasteiger partial charge in [-0.2, -0.15) is 0 Å². The zero-order valence-electron chi connectivity index (χ0n) is 32.6. The normalized spacial score (nSPS) is 28.4. The van der Waals surface area contributed by atoms with Gasteiger partial charge in [0.2, 0.25) is 0 Å². The van der Waals surface area contributed by atoms with E-state index in [1.165, 1.54) is 39.0 Å². The summed E-state index contributed by atoms with van der Waals surface area (Å²) in [5.41, 5.74) is 19.0. The summed E-state index contributed by atoms with van der Waals surface area (Å²) in [4.78, 5) is 77.3. The van der Waals surface area contributed by atoms with Crippen LogP contribution in [0.1, 0.15) is 37.9 Å². The summed E-state index contributed by atoms with van der Waals surface area (Å²) in [5, 5.41) is 10.8. The van der Waals surface area contributed by atoms with E-state index in [9.17, 15) is 38.4 Å². The molecule has 64 heavy (non-hydrogen) atoms. The van der Waals surface area contributed by atoms with E-state index in [0.717, 1.165) is 12.7 Å². The molecule has 0 amide bonds. The Morgan fingerprint density at radius 2 is 0.906 bits per heavy atom. The zero-order valence-corrected chi connectivity index (χ0v) is 35.3. The van der Waals surface area contributed by atoms with Crippen LogP contribution in [0.4, 0.5) is 17.5 Å². The van der Waals surface area contributed by atoms with Crippen molar-refractivity contribution in [3.63, 3.8) is 0 Å². The molecule has 2 unspecified atom stereocenters. The second-order valence-electron chi connectivity index (χ2n) is 14.6. The number of ether oxygens (including phenoxy) is 3. The van der Waals surface area contributed by atoms with Crippen molar-refractivity contribution in [1.29, 1.82) is 0 Å². The summed E-state index contributed by atoms with van der Waals surface area (Å²) in [6, 6.07) is 0. The summed E-state index contributed by atoms with van der Waals surface area (Å²) in [6.45, 7) is -1.78. The van der Waals surface area contributed by atoms with Crippen molar-refractivity contribution < 1.29 is 75.2 Å². The fraction of sp³-hybridized carbons (Fsp3) is 0.500. The third-order valence-electron chi connectivity index (χ3n) is 10.3. The number of phosphoric acid groups is 3. The number of anilines is 3. The van der Waals surface area contributed by atoms with Crippen LogP contribution in [-0.4, -0.2) is 140 Å². The molecule has 344 valence electrons. The van der Waals surface area contributed by atoms with E-state index < -0.39 is 98.6 Å². The number of hydrogen-bond acceptors (Lipinski definition) is 24. The summed E-state index contributed by atoms with van der Waals surface area (Å²) < 4.78 is 87.2. The molecule has 3 aliphatic heterocycles. The van der Waals surface area contributed by atoms with Gasteiger partial charge in [-0.1, -0.05) is 0 Å². The van der Waals surface area contributed by atoms with Gasteiger partial charge in [0, 0.05) is 19.3 Å². The Morgan fingerprint density at radius 1 is 0.547 bits per heavy atom. The van der Waals surface area contributed by atoms with Crippen molar-refractivity contribution in [3.8, 4) is 0 Å². The van der Waals surface area contributed by atoms with Crippen molar-refractivity contribution in [1.82, 2.24) is 58.6 Å². The summed E-state index contributed by atoms with van der Waals surface area (Å²) >= 11 is 0. The van der Waals surface area contributed by atoms with Crippen molar-refractivity contribution in [2.45, 2.75) is 74.6 Å². The highest BCUT2D eigenvalue weighted by molar-refractivity contribution is 7.47. The Balaban J connectivity index is 0.883.